The molecule has 2 aromatic heterocycles. The quantitative estimate of drug-likeness (QED) is 0.475. The summed E-state index contributed by atoms with van der Waals surface area (Å²) in [6.45, 7) is -0.424. The number of hydrogen-bond acceptors (Lipinski definition) is 10. The highest BCUT2D eigenvalue weighted by molar-refractivity contribution is 6.27. The normalized spacial score (nSPS) is 23.6. The maximum atomic E-state index is 12.1. The number of esters is 1. The van der Waals surface area contributed by atoms with Crippen LogP contribution in [0.2, 0.25) is 0 Å². The van der Waals surface area contributed by atoms with Crippen LogP contribution < -0.4 is 16.0 Å². The predicted octanol–water partition coefficient (Wildman–Crippen LogP) is -0.979. The molecule has 3 N–H and O–H groups in total. The minimum absolute atomic E-state index is 0.0317. The molecule has 160 valence electrons. The second-order valence-corrected chi connectivity index (χ2v) is 6.40. The molecule has 1 aliphatic heterocycles. The van der Waals surface area contributed by atoms with Gasteiger partial charge in [-0.3, -0.25) is 14.3 Å². The average molecular weight is 441 g/mol. The van der Waals surface area contributed by atoms with Crippen molar-refractivity contribution in [3.63, 3.8) is 0 Å². The molecule has 3 rings (SSSR count). The number of nitrogens with zero attached hydrogens (tertiary/aromatic N) is 3. The van der Waals surface area contributed by atoms with Gasteiger partial charge in [-0.25, -0.2) is 19.6 Å². The van der Waals surface area contributed by atoms with E-state index < -0.39 is 48.4 Å². The first-order valence-electron chi connectivity index (χ1n) is 8.52. The molecule has 0 bridgehead atoms. The molecule has 1 fully saturated rings. The summed E-state index contributed by atoms with van der Waals surface area (Å²) in [5.41, 5.74) is -0.408. The first kappa shape index (κ1) is 21.6. The van der Waals surface area contributed by atoms with Gasteiger partial charge in [0.15, 0.2) is 6.23 Å². The predicted molar refractivity (Wildman–Crippen MR) is 101 cm³/mol. The fourth-order valence-corrected chi connectivity index (χ4v) is 2.88. The third-order valence-electron chi connectivity index (χ3n) is 4.27. The van der Waals surface area contributed by atoms with E-state index in [4.69, 9.17) is 25.8 Å². The lowest BCUT2D eigenvalue weighted by molar-refractivity contribution is -0.0599. The van der Waals surface area contributed by atoms with Crippen LogP contribution in [0, 0.1) is 0 Å². The van der Waals surface area contributed by atoms with Crippen molar-refractivity contribution >= 4 is 23.6 Å². The Kier molecular flexibility index (Phi) is 6.62. The van der Waals surface area contributed by atoms with Crippen LogP contribution in [0.15, 0.2) is 33.7 Å². The van der Waals surface area contributed by atoms with Gasteiger partial charge >= 0.3 is 17.7 Å². The first-order chi connectivity index (χ1) is 14.3. The van der Waals surface area contributed by atoms with Crippen LogP contribution in [0.1, 0.15) is 22.1 Å². The second-order valence-electron chi connectivity index (χ2n) is 6.15. The summed E-state index contributed by atoms with van der Waals surface area (Å²) in [5.74, 6) is -0.790. The van der Waals surface area contributed by atoms with Crippen LogP contribution in [-0.2, 0) is 9.47 Å². The number of aliphatic hydroxyl groups excluding tert-OH is 2. The number of aliphatic hydroxyl groups is 2. The van der Waals surface area contributed by atoms with E-state index in [0.29, 0.717) is 0 Å². The van der Waals surface area contributed by atoms with Crippen molar-refractivity contribution in [2.45, 2.75) is 24.5 Å². The van der Waals surface area contributed by atoms with E-state index in [2.05, 4.69) is 15.0 Å². The topological polar surface area (TPSA) is 166 Å². The maximum absolute atomic E-state index is 12.1. The zero-order valence-electron chi connectivity index (χ0n) is 15.5. The molecule has 2 aromatic rings. The van der Waals surface area contributed by atoms with Crippen LogP contribution >= 0.6 is 11.6 Å². The molecular weight excluding hydrogens is 424 g/mol. The Labute approximate surface area is 173 Å². The van der Waals surface area contributed by atoms with Gasteiger partial charge in [0.2, 0.25) is 0 Å². The average Bonchev–Trinajstić information content (AvgIpc) is 3.02. The Morgan fingerprint density at radius 1 is 1.33 bits per heavy atom. The molecule has 4 unspecified atom stereocenters. The van der Waals surface area contributed by atoms with E-state index in [1.54, 1.807) is 0 Å². The highest BCUT2D eigenvalue weighted by Gasteiger charge is 2.44. The summed E-state index contributed by atoms with van der Waals surface area (Å²) in [5, 5.41) is 20.5. The third-order valence-corrected chi connectivity index (χ3v) is 4.40. The Balaban J connectivity index is 1.72. The van der Waals surface area contributed by atoms with Gasteiger partial charge in [-0.15, -0.1) is 0 Å². The van der Waals surface area contributed by atoms with Gasteiger partial charge < -0.3 is 24.4 Å². The van der Waals surface area contributed by atoms with Crippen LogP contribution in [0.5, 0.6) is 6.01 Å². The van der Waals surface area contributed by atoms with E-state index in [-0.39, 0.29) is 17.1 Å². The van der Waals surface area contributed by atoms with Crippen molar-refractivity contribution in [3.05, 3.63) is 56.1 Å². The number of H-pyrrole nitrogens is 1. The number of carbonyl (C=O) groups excluding carboxylic acids is 1. The second kappa shape index (κ2) is 9.17. The molecule has 12 nitrogen and oxygen atoms in total. The van der Waals surface area contributed by atoms with E-state index in [9.17, 15) is 24.6 Å². The van der Waals surface area contributed by atoms with Crippen LogP contribution in [0.4, 0.5) is 0 Å². The van der Waals surface area contributed by atoms with Crippen molar-refractivity contribution in [2.75, 3.05) is 13.7 Å². The molecule has 4 atom stereocenters. The summed E-state index contributed by atoms with van der Waals surface area (Å²) in [6.07, 6.45) is -0.713. The zero-order valence-corrected chi connectivity index (χ0v) is 16.2. The summed E-state index contributed by atoms with van der Waals surface area (Å²) >= 11 is 5.47. The number of ether oxygens (including phenoxy) is 3. The molecule has 30 heavy (non-hydrogen) atoms. The number of methoxy groups -OCH3 is 1. The molecule has 1 saturated heterocycles. The third kappa shape index (κ3) is 4.41. The molecule has 0 aliphatic carbocycles. The van der Waals surface area contributed by atoms with Gasteiger partial charge in [-0.05, 0) is 6.08 Å². The van der Waals surface area contributed by atoms with Gasteiger partial charge in [0.25, 0.3) is 5.56 Å². The van der Waals surface area contributed by atoms with Crippen LogP contribution in [0.3, 0.4) is 0 Å². The monoisotopic (exact) mass is 440 g/mol. The van der Waals surface area contributed by atoms with Crippen molar-refractivity contribution in [1.82, 2.24) is 19.5 Å². The lowest BCUT2D eigenvalue weighted by atomic mass is 10.1. The molecule has 3 heterocycles. The summed E-state index contributed by atoms with van der Waals surface area (Å²) in [6, 6.07) is 0.0711. The number of aromatic amines is 1. The smallest absolute Gasteiger partial charge is 0.341 e. The van der Waals surface area contributed by atoms with E-state index in [1.807, 2.05) is 0 Å². The molecule has 13 heteroatoms. The standard InChI is InChI=1S/C17H17ClN4O8/c1-28-16-19-4-9(5-20-16)15(26)29-7-10-11(23)12(24)14(30-10)22-6-8(2-3-18)13(25)21-17(22)27/h2-6,10-12,14,23-24H,7H2,1H3,(H,21,25,27)/b3-2+. The zero-order chi connectivity index (χ0) is 21.8. The summed E-state index contributed by atoms with van der Waals surface area (Å²) < 4.78 is 16.3. The number of carbonyl (C=O) groups is 1. The van der Waals surface area contributed by atoms with E-state index in [0.717, 1.165) is 16.3 Å². The van der Waals surface area contributed by atoms with Crippen LogP contribution in [0.25, 0.3) is 6.08 Å². The van der Waals surface area contributed by atoms with Gasteiger partial charge in [0.05, 0.1) is 18.2 Å². The fraction of sp³-hybridized carbons (Fsp3) is 0.353. The molecular formula is C17H17ClN4O8. The van der Waals surface area contributed by atoms with Crippen molar-refractivity contribution < 1.29 is 29.2 Å². The largest absolute Gasteiger partial charge is 0.467 e. The number of halogens is 1. The molecule has 0 spiro atoms. The van der Waals surface area contributed by atoms with Gasteiger partial charge in [-0.1, -0.05) is 11.6 Å². The SMILES string of the molecule is COc1ncc(C(=O)OCC2OC(n3cc(/C=C/Cl)c(=O)[nH]c3=O)C(O)C2O)cn1. The van der Waals surface area contributed by atoms with Crippen molar-refractivity contribution in [1.29, 1.82) is 0 Å². The van der Waals surface area contributed by atoms with Gasteiger partial charge in [-0.2, -0.15) is 0 Å². The van der Waals surface area contributed by atoms with Gasteiger partial charge in [0.1, 0.15) is 24.9 Å². The number of aromatic nitrogens is 4. The minimum atomic E-state index is -1.53. The number of rotatable bonds is 6. The molecule has 0 amide bonds. The highest BCUT2D eigenvalue weighted by Crippen LogP contribution is 2.28. The lowest BCUT2D eigenvalue weighted by Gasteiger charge is -2.17. The van der Waals surface area contributed by atoms with Crippen LogP contribution in [-0.4, -0.2) is 67.7 Å². The minimum Gasteiger partial charge on any atom is -0.467 e. The fourth-order valence-electron chi connectivity index (χ4n) is 2.74. The first-order valence-corrected chi connectivity index (χ1v) is 8.96. The Hall–Kier alpha value is -3.06. The van der Waals surface area contributed by atoms with E-state index in [1.165, 1.54) is 25.6 Å². The maximum Gasteiger partial charge on any atom is 0.341 e. The molecule has 0 radical (unpaired) electrons. The Morgan fingerprint density at radius 2 is 2.03 bits per heavy atom. The molecule has 1 aliphatic rings. The molecule has 0 aromatic carbocycles. The van der Waals surface area contributed by atoms with Crippen molar-refractivity contribution in [2.24, 2.45) is 0 Å². The Bertz CT molecular complexity index is 1050. The summed E-state index contributed by atoms with van der Waals surface area (Å²) in [7, 11) is 1.37. The number of nitrogens with one attached hydrogen (secondary N) is 1. The lowest BCUT2D eigenvalue weighted by Crippen LogP contribution is -2.38. The van der Waals surface area contributed by atoms with E-state index >= 15 is 0 Å². The molecule has 0 saturated carbocycles. The van der Waals surface area contributed by atoms with Crippen molar-refractivity contribution in [3.8, 4) is 6.01 Å². The summed E-state index contributed by atoms with van der Waals surface area (Å²) in [4.78, 5) is 45.6. The van der Waals surface area contributed by atoms with Gasteiger partial charge in [0, 0.05) is 24.1 Å². The Morgan fingerprint density at radius 3 is 2.67 bits per heavy atom. The highest BCUT2D eigenvalue weighted by atomic mass is 35.5. The number of hydrogen-bond donors (Lipinski definition) is 3.